The minimum Gasteiger partial charge on any atom is -0.404 e. The summed E-state index contributed by atoms with van der Waals surface area (Å²) in [4.78, 5) is 33.3. The molecule has 1 atom stereocenters. The lowest BCUT2D eigenvalue weighted by molar-refractivity contribution is -0.120. The number of aliphatic imine (C=N–C) groups is 1. The van der Waals surface area contributed by atoms with Gasteiger partial charge in [0.25, 0.3) is 0 Å². The third-order valence-electron chi connectivity index (χ3n) is 5.61. The van der Waals surface area contributed by atoms with Gasteiger partial charge in [0.2, 0.25) is 11.8 Å². The van der Waals surface area contributed by atoms with Gasteiger partial charge in [-0.1, -0.05) is 11.2 Å². The van der Waals surface area contributed by atoms with E-state index in [2.05, 4.69) is 10.1 Å². The number of nitrogens with two attached hydrogens (primary N) is 1. The first-order chi connectivity index (χ1) is 14.9. The smallest absolute Gasteiger partial charge is 0.230 e. The number of carbonyl (C=O) groups is 2. The monoisotopic (exact) mass is 421 g/mol. The van der Waals surface area contributed by atoms with Gasteiger partial charge in [-0.15, -0.1) is 0 Å². The van der Waals surface area contributed by atoms with Crippen LogP contribution in [0, 0.1) is 12.8 Å². The van der Waals surface area contributed by atoms with E-state index < -0.39 is 0 Å². The Balaban J connectivity index is 1.65. The first kappa shape index (κ1) is 20.8. The summed E-state index contributed by atoms with van der Waals surface area (Å²) in [5.41, 5.74) is 9.71. The molecule has 1 aliphatic heterocycles. The van der Waals surface area contributed by atoms with Crippen molar-refractivity contribution in [1.29, 1.82) is 0 Å². The molecule has 2 aliphatic rings. The maximum Gasteiger partial charge on any atom is 0.230 e. The number of benzene rings is 1. The van der Waals surface area contributed by atoms with E-state index >= 15 is 0 Å². The summed E-state index contributed by atoms with van der Waals surface area (Å²) < 4.78 is 5.18. The molecule has 1 aromatic carbocycles. The van der Waals surface area contributed by atoms with Crippen molar-refractivity contribution in [2.45, 2.75) is 46.2 Å². The van der Waals surface area contributed by atoms with Crippen molar-refractivity contribution in [2.24, 2.45) is 16.6 Å². The van der Waals surface area contributed by atoms with E-state index in [1.807, 2.05) is 43.0 Å². The van der Waals surface area contributed by atoms with Crippen molar-refractivity contribution in [3.8, 4) is 0 Å². The van der Waals surface area contributed by atoms with Gasteiger partial charge in [-0.2, -0.15) is 0 Å². The molecule has 1 saturated carbocycles. The van der Waals surface area contributed by atoms with Crippen molar-refractivity contribution >= 4 is 35.0 Å². The van der Waals surface area contributed by atoms with Crippen LogP contribution < -0.4 is 15.5 Å². The van der Waals surface area contributed by atoms with E-state index in [9.17, 15) is 9.59 Å². The van der Waals surface area contributed by atoms with Crippen LogP contribution in [0.4, 0.5) is 11.4 Å². The molecule has 0 spiro atoms. The molecule has 8 heteroatoms. The zero-order valence-electron chi connectivity index (χ0n) is 18.0. The Labute approximate surface area is 181 Å². The molecule has 1 fully saturated rings. The Morgan fingerprint density at radius 1 is 1.29 bits per heavy atom. The number of rotatable bonds is 5. The first-order valence-corrected chi connectivity index (χ1v) is 10.5. The Hall–Kier alpha value is -3.42. The van der Waals surface area contributed by atoms with Gasteiger partial charge in [-0.05, 0) is 44.4 Å². The molecule has 31 heavy (non-hydrogen) atoms. The van der Waals surface area contributed by atoms with Gasteiger partial charge in [0, 0.05) is 43.4 Å². The quantitative estimate of drug-likeness (QED) is 0.747. The summed E-state index contributed by atoms with van der Waals surface area (Å²) in [5, 5.41) is 3.85. The van der Waals surface area contributed by atoms with Crippen molar-refractivity contribution in [2.75, 3.05) is 16.3 Å². The molecule has 4 rings (SSSR count). The van der Waals surface area contributed by atoms with E-state index in [0.717, 1.165) is 35.5 Å². The van der Waals surface area contributed by atoms with Crippen LogP contribution in [0.5, 0.6) is 0 Å². The highest BCUT2D eigenvalue weighted by atomic mass is 16.5. The average molecular weight is 422 g/mol. The van der Waals surface area contributed by atoms with Crippen LogP contribution in [-0.4, -0.2) is 35.8 Å². The minimum atomic E-state index is -0.0880. The van der Waals surface area contributed by atoms with Crippen molar-refractivity contribution in [1.82, 2.24) is 5.16 Å². The normalized spacial score (nSPS) is 19.1. The summed E-state index contributed by atoms with van der Waals surface area (Å²) in [6, 6.07) is 7.44. The molecular weight excluding hydrogens is 394 g/mol. The zero-order chi connectivity index (χ0) is 22.1. The van der Waals surface area contributed by atoms with Crippen LogP contribution in [-0.2, 0) is 16.1 Å². The molecule has 2 N–H and O–H groups in total. The number of amides is 2. The fourth-order valence-corrected chi connectivity index (χ4v) is 3.98. The van der Waals surface area contributed by atoms with Crippen molar-refractivity contribution in [3.63, 3.8) is 0 Å². The molecule has 1 aromatic heterocycles. The fourth-order valence-electron chi connectivity index (χ4n) is 3.98. The lowest BCUT2D eigenvalue weighted by atomic mass is 10.0. The lowest BCUT2D eigenvalue weighted by Gasteiger charge is -2.41. The number of aryl methyl sites for hydroxylation is 1. The van der Waals surface area contributed by atoms with Gasteiger partial charge < -0.3 is 20.1 Å². The molecule has 162 valence electrons. The lowest BCUT2D eigenvalue weighted by Crippen LogP contribution is -2.51. The maximum atomic E-state index is 13.0. The van der Waals surface area contributed by atoms with Crippen LogP contribution in [0.3, 0.4) is 0 Å². The number of carbonyl (C=O) groups excluding carboxylic acids is 2. The third kappa shape index (κ3) is 4.23. The molecule has 8 nitrogen and oxygen atoms in total. The van der Waals surface area contributed by atoms with Gasteiger partial charge in [-0.3, -0.25) is 14.6 Å². The van der Waals surface area contributed by atoms with Crippen LogP contribution in [0.2, 0.25) is 0 Å². The number of allylic oxidation sites excluding steroid dienone is 1. The summed E-state index contributed by atoms with van der Waals surface area (Å²) in [5.74, 6) is 0.839. The second kappa shape index (κ2) is 8.37. The number of anilines is 2. The standard InChI is InChI=1S/C23H27N5O3/c1-14-8-20(31-26-14)12-25-11-19(10-24)18-6-7-21-22(9-18)27(23(30)17-4-5-17)13-15(2)28(21)16(3)29/h6-11,15,17H,4-5,12-13,24H2,1-3H3/b19-10+,25-11?/t15-/m0/s1. The summed E-state index contributed by atoms with van der Waals surface area (Å²) in [7, 11) is 0. The predicted octanol–water partition coefficient (Wildman–Crippen LogP) is 3.05. The van der Waals surface area contributed by atoms with E-state index in [1.165, 1.54) is 6.20 Å². The largest absolute Gasteiger partial charge is 0.404 e. The average Bonchev–Trinajstić information content (AvgIpc) is 3.51. The number of hydrogen-bond acceptors (Lipinski definition) is 6. The van der Waals surface area contributed by atoms with E-state index in [4.69, 9.17) is 10.3 Å². The van der Waals surface area contributed by atoms with Gasteiger partial charge in [-0.25, -0.2) is 0 Å². The van der Waals surface area contributed by atoms with E-state index in [1.54, 1.807) is 18.0 Å². The van der Waals surface area contributed by atoms with Gasteiger partial charge in [0.15, 0.2) is 5.76 Å². The molecule has 0 radical (unpaired) electrons. The molecule has 1 aliphatic carbocycles. The SMILES string of the molecule is CC(=O)N1c2ccc(/C(C=NCc3cc(C)no3)=C/N)cc2N(C(=O)C2CC2)C[C@@H]1C. The van der Waals surface area contributed by atoms with E-state index in [-0.39, 0.29) is 23.8 Å². The third-order valence-corrected chi connectivity index (χ3v) is 5.61. The molecule has 2 amide bonds. The fraction of sp³-hybridized carbons (Fsp3) is 0.391. The zero-order valence-corrected chi connectivity index (χ0v) is 18.0. The van der Waals surface area contributed by atoms with Gasteiger partial charge >= 0.3 is 0 Å². The Kier molecular flexibility index (Phi) is 5.63. The van der Waals surface area contributed by atoms with Crippen LogP contribution in [0.25, 0.3) is 5.57 Å². The van der Waals surface area contributed by atoms with Crippen molar-refractivity contribution in [3.05, 3.63) is 47.5 Å². The Bertz CT molecular complexity index is 1070. The maximum absolute atomic E-state index is 13.0. The topological polar surface area (TPSA) is 105 Å². The van der Waals surface area contributed by atoms with Gasteiger partial charge in [0.05, 0.1) is 29.7 Å². The predicted molar refractivity (Wildman–Crippen MR) is 120 cm³/mol. The highest BCUT2D eigenvalue weighted by Gasteiger charge is 2.39. The molecule has 0 saturated heterocycles. The van der Waals surface area contributed by atoms with Gasteiger partial charge in [0.1, 0.15) is 0 Å². The molecular formula is C23H27N5O3. The highest BCUT2D eigenvalue weighted by molar-refractivity contribution is 6.11. The van der Waals surface area contributed by atoms with Crippen molar-refractivity contribution < 1.29 is 14.1 Å². The Morgan fingerprint density at radius 2 is 2.06 bits per heavy atom. The van der Waals surface area contributed by atoms with Crippen LogP contribution >= 0.6 is 0 Å². The minimum absolute atomic E-state index is 0.0430. The molecule has 0 bridgehead atoms. The second-order valence-corrected chi connectivity index (χ2v) is 8.19. The number of aromatic nitrogens is 1. The van der Waals surface area contributed by atoms with E-state index in [0.29, 0.717) is 24.4 Å². The second-order valence-electron chi connectivity index (χ2n) is 8.19. The number of hydrogen-bond donors (Lipinski definition) is 1. The molecule has 0 unspecified atom stereocenters. The summed E-state index contributed by atoms with van der Waals surface area (Å²) >= 11 is 0. The van der Waals surface area contributed by atoms with Crippen LogP contribution in [0.1, 0.15) is 43.7 Å². The van der Waals surface area contributed by atoms with Crippen LogP contribution in [0.15, 0.2) is 40.0 Å². The first-order valence-electron chi connectivity index (χ1n) is 10.5. The molecule has 2 aromatic rings. The number of fused-ring (bicyclic) bond motifs is 1. The summed E-state index contributed by atoms with van der Waals surface area (Å²) in [6.45, 7) is 6.20. The molecule has 2 heterocycles. The number of nitrogens with zero attached hydrogens (tertiary/aromatic N) is 4. The Morgan fingerprint density at radius 3 is 2.68 bits per heavy atom. The summed E-state index contributed by atoms with van der Waals surface area (Å²) in [6.07, 6.45) is 5.02. The highest BCUT2D eigenvalue weighted by Crippen LogP contribution is 2.41.